The predicted molar refractivity (Wildman–Crippen MR) is 112 cm³/mol. The molecule has 0 aliphatic rings. The average Bonchev–Trinajstić information content (AvgIpc) is 3.09. The third kappa shape index (κ3) is 5.11. The van der Waals surface area contributed by atoms with E-state index in [1.54, 1.807) is 21.0 Å². The van der Waals surface area contributed by atoms with Gasteiger partial charge in [-0.2, -0.15) is 0 Å². The lowest BCUT2D eigenvalue weighted by Crippen LogP contribution is -2.50. The number of nitrogens with two attached hydrogens (primary N) is 1. The number of ether oxygens (including phenoxy) is 2. The maximum atomic E-state index is 12.5. The number of rotatable bonds is 8. The number of carbonyl (C=O) groups excluding carboxylic acids is 1. The Kier molecular flexibility index (Phi) is 6.51. The van der Waals surface area contributed by atoms with Gasteiger partial charge in [0.15, 0.2) is 11.5 Å². The second kappa shape index (κ2) is 8.89. The molecule has 29 heavy (non-hydrogen) atoms. The summed E-state index contributed by atoms with van der Waals surface area (Å²) in [5, 5.41) is 11.4. The number of fused-ring (bicyclic) bond motifs is 1. The molecule has 0 spiro atoms. The molecule has 1 aromatic carbocycles. The fourth-order valence-corrected chi connectivity index (χ4v) is 3.09. The van der Waals surface area contributed by atoms with Gasteiger partial charge in [0, 0.05) is 16.2 Å². The highest BCUT2D eigenvalue weighted by Crippen LogP contribution is 2.21. The van der Waals surface area contributed by atoms with Crippen molar-refractivity contribution in [1.82, 2.24) is 19.9 Å². The molecule has 1 amide bonds. The summed E-state index contributed by atoms with van der Waals surface area (Å²) in [5.74, 6) is 0.988. The van der Waals surface area contributed by atoms with Crippen molar-refractivity contribution in [3.8, 4) is 5.75 Å². The maximum Gasteiger partial charge on any atom is 0.240 e. The zero-order chi connectivity index (χ0) is 21.0. The molecule has 0 fully saturated rings. The highest BCUT2D eigenvalue weighted by Gasteiger charge is 2.28. The number of benzene rings is 1. The Balaban J connectivity index is 1.83. The van der Waals surface area contributed by atoms with Gasteiger partial charge in [0.25, 0.3) is 0 Å². The van der Waals surface area contributed by atoms with E-state index in [0.717, 1.165) is 15.8 Å². The molecule has 2 aromatic heterocycles. The summed E-state index contributed by atoms with van der Waals surface area (Å²) >= 11 is 3.45. The third-order valence-corrected chi connectivity index (χ3v) is 4.80. The van der Waals surface area contributed by atoms with Crippen molar-refractivity contribution in [1.29, 1.82) is 0 Å². The SMILES string of the molecule is COc1ccccc1COC[C@@H](NC(=O)C(C)(C)N)c1nnc2ccc(Br)cn12. The van der Waals surface area contributed by atoms with Crippen LogP contribution in [0.15, 0.2) is 47.1 Å². The van der Waals surface area contributed by atoms with Crippen molar-refractivity contribution in [2.24, 2.45) is 5.73 Å². The van der Waals surface area contributed by atoms with Crippen molar-refractivity contribution in [2.45, 2.75) is 32.0 Å². The van der Waals surface area contributed by atoms with Crippen LogP contribution >= 0.6 is 15.9 Å². The number of hydrogen-bond acceptors (Lipinski definition) is 6. The fourth-order valence-electron chi connectivity index (χ4n) is 2.75. The van der Waals surface area contributed by atoms with Gasteiger partial charge in [0.2, 0.25) is 5.91 Å². The van der Waals surface area contributed by atoms with Crippen molar-refractivity contribution >= 4 is 27.5 Å². The van der Waals surface area contributed by atoms with E-state index in [4.69, 9.17) is 15.2 Å². The van der Waals surface area contributed by atoms with Crippen LogP contribution in [0.5, 0.6) is 5.75 Å². The Hall–Kier alpha value is -2.49. The molecule has 8 nitrogen and oxygen atoms in total. The van der Waals surface area contributed by atoms with Crippen LogP contribution in [0.1, 0.15) is 31.3 Å². The first-order valence-corrected chi connectivity index (χ1v) is 9.88. The van der Waals surface area contributed by atoms with E-state index in [1.807, 2.05) is 47.0 Å². The van der Waals surface area contributed by atoms with Crippen LogP contribution < -0.4 is 15.8 Å². The summed E-state index contributed by atoms with van der Waals surface area (Å²) in [6, 6.07) is 10.8. The summed E-state index contributed by atoms with van der Waals surface area (Å²) in [5.41, 5.74) is 6.49. The number of pyridine rings is 1. The van der Waals surface area contributed by atoms with E-state index in [9.17, 15) is 4.79 Å². The number of nitrogens with zero attached hydrogens (tertiary/aromatic N) is 3. The van der Waals surface area contributed by atoms with E-state index in [2.05, 4.69) is 31.4 Å². The van der Waals surface area contributed by atoms with Gasteiger partial charge in [0.05, 0.1) is 25.9 Å². The van der Waals surface area contributed by atoms with Crippen LogP contribution in [0.2, 0.25) is 0 Å². The van der Waals surface area contributed by atoms with E-state index in [0.29, 0.717) is 18.1 Å². The van der Waals surface area contributed by atoms with Crippen LogP contribution in [0.3, 0.4) is 0 Å². The number of halogens is 1. The van der Waals surface area contributed by atoms with Gasteiger partial charge in [-0.05, 0) is 48.0 Å². The minimum atomic E-state index is -1.04. The second-order valence-corrected chi connectivity index (χ2v) is 8.12. The van der Waals surface area contributed by atoms with Crippen LogP contribution in [0, 0.1) is 0 Å². The van der Waals surface area contributed by atoms with Crippen molar-refractivity contribution in [2.75, 3.05) is 13.7 Å². The van der Waals surface area contributed by atoms with Crippen molar-refractivity contribution < 1.29 is 14.3 Å². The van der Waals surface area contributed by atoms with E-state index in [-0.39, 0.29) is 12.5 Å². The van der Waals surface area contributed by atoms with Gasteiger partial charge in [-0.15, -0.1) is 10.2 Å². The number of aromatic nitrogens is 3. The number of methoxy groups -OCH3 is 1. The lowest BCUT2D eigenvalue weighted by atomic mass is 10.1. The maximum absolute atomic E-state index is 12.5. The molecule has 154 valence electrons. The number of carbonyl (C=O) groups is 1. The molecule has 0 aliphatic carbocycles. The lowest BCUT2D eigenvalue weighted by molar-refractivity contribution is -0.126. The molecule has 3 N–H and O–H groups in total. The molecule has 9 heteroatoms. The molecule has 3 rings (SSSR count). The number of nitrogens with one attached hydrogen (secondary N) is 1. The standard InChI is InChI=1S/C20H24BrN5O3/c1-20(2,22)19(27)23-15(12-29-11-13-6-4-5-7-16(13)28-3)18-25-24-17-9-8-14(21)10-26(17)18/h4-10,15H,11-12,22H2,1-3H3,(H,23,27)/t15-/m1/s1. The molecule has 0 radical (unpaired) electrons. The highest BCUT2D eigenvalue weighted by atomic mass is 79.9. The largest absolute Gasteiger partial charge is 0.496 e. The highest BCUT2D eigenvalue weighted by molar-refractivity contribution is 9.10. The lowest BCUT2D eigenvalue weighted by Gasteiger charge is -2.23. The summed E-state index contributed by atoms with van der Waals surface area (Å²) in [6.45, 7) is 3.80. The molecule has 0 bridgehead atoms. The molecule has 0 saturated carbocycles. The summed E-state index contributed by atoms with van der Waals surface area (Å²) in [7, 11) is 1.62. The first-order chi connectivity index (χ1) is 13.8. The second-order valence-electron chi connectivity index (χ2n) is 7.21. The van der Waals surface area contributed by atoms with Gasteiger partial charge in [-0.1, -0.05) is 18.2 Å². The zero-order valence-corrected chi connectivity index (χ0v) is 18.1. The number of amides is 1. The Morgan fingerprint density at radius 1 is 1.28 bits per heavy atom. The smallest absolute Gasteiger partial charge is 0.240 e. The molecule has 2 heterocycles. The van der Waals surface area contributed by atoms with E-state index >= 15 is 0 Å². The van der Waals surface area contributed by atoms with Gasteiger partial charge in [-0.3, -0.25) is 9.20 Å². The van der Waals surface area contributed by atoms with Crippen LogP contribution in [0.25, 0.3) is 5.65 Å². The van der Waals surface area contributed by atoms with E-state index in [1.165, 1.54) is 0 Å². The Morgan fingerprint density at radius 3 is 2.76 bits per heavy atom. The quantitative estimate of drug-likeness (QED) is 0.534. The molecular formula is C20H24BrN5O3. The Bertz CT molecular complexity index is 999. The van der Waals surface area contributed by atoms with Crippen molar-refractivity contribution in [3.05, 3.63) is 58.5 Å². The van der Waals surface area contributed by atoms with Crippen LogP contribution in [-0.4, -0.2) is 39.8 Å². The molecular weight excluding hydrogens is 438 g/mol. The Morgan fingerprint density at radius 2 is 2.03 bits per heavy atom. The molecule has 0 unspecified atom stereocenters. The minimum absolute atomic E-state index is 0.188. The average molecular weight is 462 g/mol. The topological polar surface area (TPSA) is 104 Å². The van der Waals surface area contributed by atoms with Gasteiger partial charge in [-0.25, -0.2) is 0 Å². The monoisotopic (exact) mass is 461 g/mol. The third-order valence-electron chi connectivity index (χ3n) is 4.33. The predicted octanol–water partition coefficient (Wildman–Crippen LogP) is 2.61. The number of hydrogen-bond donors (Lipinski definition) is 2. The normalized spacial score (nSPS) is 12.7. The molecule has 3 aromatic rings. The minimum Gasteiger partial charge on any atom is -0.496 e. The summed E-state index contributed by atoms with van der Waals surface area (Å²) < 4.78 is 13.9. The molecule has 1 atom stereocenters. The van der Waals surface area contributed by atoms with Crippen LogP contribution in [0.4, 0.5) is 0 Å². The number of para-hydroxylation sites is 1. The van der Waals surface area contributed by atoms with Gasteiger partial charge < -0.3 is 20.5 Å². The molecule has 0 aliphatic heterocycles. The summed E-state index contributed by atoms with van der Waals surface area (Å²) in [6.07, 6.45) is 1.84. The Labute approximate surface area is 177 Å². The summed E-state index contributed by atoms with van der Waals surface area (Å²) in [4.78, 5) is 12.5. The van der Waals surface area contributed by atoms with E-state index < -0.39 is 11.6 Å². The first kappa shape index (κ1) is 21.2. The van der Waals surface area contributed by atoms with Gasteiger partial charge >= 0.3 is 0 Å². The first-order valence-electron chi connectivity index (χ1n) is 9.09. The zero-order valence-electron chi connectivity index (χ0n) is 16.6. The van der Waals surface area contributed by atoms with Crippen molar-refractivity contribution in [3.63, 3.8) is 0 Å². The van der Waals surface area contributed by atoms with Gasteiger partial charge in [0.1, 0.15) is 11.8 Å². The molecule has 0 saturated heterocycles. The fraction of sp³-hybridized carbons (Fsp3) is 0.350. The van der Waals surface area contributed by atoms with Crippen LogP contribution in [-0.2, 0) is 16.1 Å².